The summed E-state index contributed by atoms with van der Waals surface area (Å²) in [6, 6.07) is 3.92. The van der Waals surface area contributed by atoms with Crippen molar-refractivity contribution in [2.75, 3.05) is 5.32 Å². The van der Waals surface area contributed by atoms with Crippen molar-refractivity contribution in [3.05, 3.63) is 28.7 Å². The van der Waals surface area contributed by atoms with E-state index in [9.17, 15) is 4.79 Å². The lowest BCUT2D eigenvalue weighted by molar-refractivity contribution is 0.593. The molecule has 1 aromatic rings. The monoisotopic (exact) mass is 236 g/mol. The maximum atomic E-state index is 11.2. The lowest BCUT2D eigenvalue weighted by Gasteiger charge is -2.15. The first kappa shape index (κ1) is 13.8. The van der Waals surface area contributed by atoms with Gasteiger partial charge in [0.15, 0.2) is 0 Å². The first-order valence-electron chi connectivity index (χ1n) is 6.56. The summed E-state index contributed by atoms with van der Waals surface area (Å²) >= 11 is 0. The third-order valence-electron chi connectivity index (χ3n) is 2.99. The number of aromatic nitrogens is 1. The molecule has 3 nitrogen and oxygen atoms in total. The molecule has 1 aromatic heterocycles. The molecule has 0 aliphatic rings. The second-order valence-electron chi connectivity index (χ2n) is 4.76. The van der Waals surface area contributed by atoms with Gasteiger partial charge >= 0.3 is 0 Å². The molecule has 1 heterocycles. The molecule has 0 aromatic carbocycles. The van der Waals surface area contributed by atoms with Crippen LogP contribution in [0.5, 0.6) is 0 Å². The van der Waals surface area contributed by atoms with Crippen LogP contribution in [-0.4, -0.2) is 10.6 Å². The molecule has 0 saturated carbocycles. The Bertz CT molecular complexity index is 384. The molecule has 1 rings (SSSR count). The van der Waals surface area contributed by atoms with E-state index >= 15 is 0 Å². The number of pyridine rings is 1. The molecular formula is C14H24N2O. The Morgan fingerprint density at radius 3 is 2.71 bits per heavy atom. The average Bonchev–Trinajstić information content (AvgIpc) is 2.30. The van der Waals surface area contributed by atoms with E-state index in [-0.39, 0.29) is 5.56 Å². The van der Waals surface area contributed by atoms with Gasteiger partial charge in [-0.3, -0.25) is 4.79 Å². The van der Waals surface area contributed by atoms with E-state index in [0.717, 1.165) is 5.69 Å². The largest absolute Gasteiger partial charge is 0.381 e. The first-order chi connectivity index (χ1) is 8.13. The fraction of sp³-hybridized carbons (Fsp3) is 0.643. The van der Waals surface area contributed by atoms with E-state index in [4.69, 9.17) is 0 Å². The van der Waals surface area contributed by atoms with Crippen molar-refractivity contribution in [3.63, 3.8) is 0 Å². The number of unbranched alkanes of at least 4 members (excludes halogenated alkanes) is 3. The van der Waals surface area contributed by atoms with Gasteiger partial charge in [0.2, 0.25) is 5.56 Å². The highest BCUT2D eigenvalue weighted by atomic mass is 16.1. The van der Waals surface area contributed by atoms with Crippen LogP contribution in [0.25, 0.3) is 0 Å². The van der Waals surface area contributed by atoms with E-state index in [1.165, 1.54) is 32.1 Å². The Labute approximate surface area is 104 Å². The second kappa shape index (κ2) is 7.15. The zero-order valence-corrected chi connectivity index (χ0v) is 11.2. The first-order valence-corrected chi connectivity index (χ1v) is 6.56. The van der Waals surface area contributed by atoms with Crippen molar-refractivity contribution in [2.24, 2.45) is 7.05 Å². The van der Waals surface area contributed by atoms with Gasteiger partial charge in [0.05, 0.1) is 5.69 Å². The number of nitrogens with zero attached hydrogens (tertiary/aromatic N) is 1. The van der Waals surface area contributed by atoms with Crippen LogP contribution in [-0.2, 0) is 7.05 Å². The van der Waals surface area contributed by atoms with Gasteiger partial charge in [0.25, 0.3) is 0 Å². The fourth-order valence-corrected chi connectivity index (χ4v) is 1.91. The highest BCUT2D eigenvalue weighted by Crippen LogP contribution is 2.10. The molecule has 0 spiro atoms. The van der Waals surface area contributed by atoms with Gasteiger partial charge in [-0.05, 0) is 19.4 Å². The lowest BCUT2D eigenvalue weighted by Crippen LogP contribution is -2.19. The molecule has 0 amide bonds. The molecule has 1 unspecified atom stereocenters. The van der Waals surface area contributed by atoms with Crippen LogP contribution in [0.3, 0.4) is 0 Å². The van der Waals surface area contributed by atoms with E-state index in [1.54, 1.807) is 17.7 Å². The zero-order valence-electron chi connectivity index (χ0n) is 11.2. The van der Waals surface area contributed by atoms with E-state index in [1.807, 2.05) is 12.3 Å². The third kappa shape index (κ3) is 5.07. The van der Waals surface area contributed by atoms with Crippen molar-refractivity contribution in [1.82, 2.24) is 4.57 Å². The number of rotatable bonds is 7. The number of anilines is 1. The summed E-state index contributed by atoms with van der Waals surface area (Å²) in [7, 11) is 1.78. The van der Waals surface area contributed by atoms with Gasteiger partial charge in [0.1, 0.15) is 0 Å². The van der Waals surface area contributed by atoms with Gasteiger partial charge in [0, 0.05) is 25.4 Å². The summed E-state index contributed by atoms with van der Waals surface area (Å²) in [5.41, 5.74) is 1.06. The smallest absolute Gasteiger partial charge is 0.250 e. The molecule has 1 N–H and O–H groups in total. The number of hydrogen-bond acceptors (Lipinski definition) is 2. The summed E-state index contributed by atoms with van der Waals surface area (Å²) in [5.74, 6) is 0. The molecule has 0 aliphatic heterocycles. The summed E-state index contributed by atoms with van der Waals surface area (Å²) in [5, 5.41) is 3.43. The lowest BCUT2D eigenvalue weighted by atomic mass is 10.1. The molecule has 0 radical (unpaired) electrons. The summed E-state index contributed by atoms with van der Waals surface area (Å²) in [4.78, 5) is 11.2. The average molecular weight is 236 g/mol. The molecule has 0 aliphatic carbocycles. The van der Waals surface area contributed by atoms with Gasteiger partial charge in [-0.25, -0.2) is 0 Å². The second-order valence-corrected chi connectivity index (χ2v) is 4.76. The minimum absolute atomic E-state index is 0.0335. The van der Waals surface area contributed by atoms with E-state index in [0.29, 0.717) is 6.04 Å². The SMILES string of the molecule is CCCCCCC(C)Nc1ccc(=O)n(C)c1. The Morgan fingerprint density at radius 2 is 2.06 bits per heavy atom. The minimum Gasteiger partial charge on any atom is -0.381 e. The molecule has 96 valence electrons. The zero-order chi connectivity index (χ0) is 12.7. The Kier molecular flexibility index (Phi) is 5.81. The maximum Gasteiger partial charge on any atom is 0.250 e. The number of aryl methyl sites for hydroxylation is 1. The Balaban J connectivity index is 2.37. The molecule has 0 saturated heterocycles. The summed E-state index contributed by atoms with van der Waals surface area (Å²) < 4.78 is 1.60. The normalized spacial score (nSPS) is 12.4. The fourth-order valence-electron chi connectivity index (χ4n) is 1.91. The molecular weight excluding hydrogens is 212 g/mol. The van der Waals surface area contributed by atoms with Crippen LogP contribution in [0.1, 0.15) is 46.0 Å². The summed E-state index contributed by atoms with van der Waals surface area (Å²) in [6.07, 6.45) is 8.23. The van der Waals surface area contributed by atoms with Crippen LogP contribution >= 0.6 is 0 Å². The molecule has 17 heavy (non-hydrogen) atoms. The highest BCUT2D eigenvalue weighted by molar-refractivity contribution is 5.40. The molecule has 0 bridgehead atoms. The van der Waals surface area contributed by atoms with Crippen LogP contribution < -0.4 is 10.9 Å². The predicted molar refractivity (Wildman–Crippen MR) is 73.5 cm³/mol. The van der Waals surface area contributed by atoms with Crippen LogP contribution in [0.4, 0.5) is 5.69 Å². The third-order valence-corrected chi connectivity index (χ3v) is 2.99. The van der Waals surface area contributed by atoms with Crippen molar-refractivity contribution in [2.45, 2.75) is 52.0 Å². The van der Waals surface area contributed by atoms with E-state index in [2.05, 4.69) is 19.2 Å². The topological polar surface area (TPSA) is 34.0 Å². The Hall–Kier alpha value is -1.25. The van der Waals surface area contributed by atoms with Crippen molar-refractivity contribution < 1.29 is 0 Å². The summed E-state index contributed by atoms with van der Waals surface area (Å²) in [6.45, 7) is 4.42. The van der Waals surface area contributed by atoms with Gasteiger partial charge in [-0.2, -0.15) is 0 Å². The number of hydrogen-bond donors (Lipinski definition) is 1. The van der Waals surface area contributed by atoms with Crippen LogP contribution in [0, 0.1) is 0 Å². The molecule has 1 atom stereocenters. The van der Waals surface area contributed by atoms with Crippen LogP contribution in [0.2, 0.25) is 0 Å². The molecule has 3 heteroatoms. The number of nitrogens with one attached hydrogen (secondary N) is 1. The standard InChI is InChI=1S/C14H24N2O/c1-4-5-6-7-8-12(2)15-13-9-10-14(17)16(3)11-13/h9-12,15H,4-8H2,1-3H3. The maximum absolute atomic E-state index is 11.2. The van der Waals surface area contributed by atoms with Crippen molar-refractivity contribution in [1.29, 1.82) is 0 Å². The van der Waals surface area contributed by atoms with Gasteiger partial charge in [-0.1, -0.05) is 32.6 Å². The Morgan fingerprint density at radius 1 is 1.29 bits per heavy atom. The molecule has 0 fully saturated rings. The van der Waals surface area contributed by atoms with E-state index < -0.39 is 0 Å². The minimum atomic E-state index is 0.0335. The predicted octanol–water partition coefficient (Wildman–Crippen LogP) is 3.16. The quantitative estimate of drug-likeness (QED) is 0.738. The van der Waals surface area contributed by atoms with Gasteiger partial charge < -0.3 is 9.88 Å². The van der Waals surface area contributed by atoms with Crippen molar-refractivity contribution in [3.8, 4) is 0 Å². The van der Waals surface area contributed by atoms with Gasteiger partial charge in [-0.15, -0.1) is 0 Å². The van der Waals surface area contributed by atoms with Crippen LogP contribution in [0.15, 0.2) is 23.1 Å². The highest BCUT2D eigenvalue weighted by Gasteiger charge is 2.02. The van der Waals surface area contributed by atoms with Crippen molar-refractivity contribution >= 4 is 5.69 Å².